The Morgan fingerprint density at radius 1 is 0.929 bits per heavy atom. The van der Waals surface area contributed by atoms with Crippen LogP contribution in [0.5, 0.6) is 17.2 Å². The molecule has 0 saturated heterocycles. The fourth-order valence-corrected chi connectivity index (χ4v) is 3.05. The van der Waals surface area contributed by atoms with E-state index in [0.717, 1.165) is 18.4 Å². The predicted molar refractivity (Wildman–Crippen MR) is 111 cm³/mol. The van der Waals surface area contributed by atoms with Crippen LogP contribution in [0.1, 0.15) is 50.8 Å². The van der Waals surface area contributed by atoms with Gasteiger partial charge in [-0.15, -0.1) is 0 Å². The topological polar surface area (TPSA) is 56.8 Å². The van der Waals surface area contributed by atoms with Crippen molar-refractivity contribution in [1.29, 1.82) is 0 Å². The van der Waals surface area contributed by atoms with Crippen LogP contribution in [-0.2, 0) is 11.2 Å². The number of hydrogen-bond acceptors (Lipinski definition) is 4. The number of nitrogens with one attached hydrogen (secondary N) is 1. The molecule has 0 spiro atoms. The summed E-state index contributed by atoms with van der Waals surface area (Å²) < 4.78 is 16.6. The number of methoxy groups -OCH3 is 2. The molecule has 0 aliphatic carbocycles. The molecule has 2 rings (SSSR count). The Bertz CT molecular complexity index is 758. The lowest BCUT2D eigenvalue weighted by molar-refractivity contribution is -0.128. The molecule has 5 nitrogen and oxygen atoms in total. The highest BCUT2D eigenvalue weighted by molar-refractivity contribution is 5.81. The maximum absolute atomic E-state index is 12.8. The van der Waals surface area contributed by atoms with Gasteiger partial charge >= 0.3 is 0 Å². The second-order valence-electron chi connectivity index (χ2n) is 6.60. The molecule has 2 aromatic rings. The largest absolute Gasteiger partial charge is 0.493 e. The summed E-state index contributed by atoms with van der Waals surface area (Å²) in [5, 5.41) is 3.11. The Labute approximate surface area is 168 Å². The first-order chi connectivity index (χ1) is 13.6. The number of aryl methyl sites for hydroxylation is 1. The molecule has 0 unspecified atom stereocenters. The average molecular weight is 386 g/mol. The van der Waals surface area contributed by atoms with E-state index in [1.54, 1.807) is 14.2 Å². The normalized spacial score (nSPS) is 12.8. The molecule has 0 radical (unpaired) electrons. The quantitative estimate of drug-likeness (QED) is 0.644. The van der Waals surface area contributed by atoms with Crippen molar-refractivity contribution in [2.75, 3.05) is 14.2 Å². The van der Waals surface area contributed by atoms with Gasteiger partial charge in [0.1, 0.15) is 5.75 Å². The van der Waals surface area contributed by atoms with Gasteiger partial charge in [-0.1, -0.05) is 39.0 Å². The first-order valence-corrected chi connectivity index (χ1v) is 9.84. The molecule has 0 aliphatic heterocycles. The van der Waals surface area contributed by atoms with Crippen LogP contribution in [0, 0.1) is 0 Å². The maximum atomic E-state index is 12.8. The third kappa shape index (κ3) is 5.41. The van der Waals surface area contributed by atoms with Gasteiger partial charge in [0, 0.05) is 0 Å². The van der Waals surface area contributed by atoms with Crippen molar-refractivity contribution in [3.8, 4) is 17.2 Å². The number of carbonyl (C=O) groups excluding carboxylic acids is 1. The van der Waals surface area contributed by atoms with Crippen LogP contribution in [0.2, 0.25) is 0 Å². The molecule has 1 N–H and O–H groups in total. The molecule has 5 heteroatoms. The van der Waals surface area contributed by atoms with Crippen LogP contribution in [0.3, 0.4) is 0 Å². The zero-order chi connectivity index (χ0) is 20.5. The molecule has 152 valence electrons. The predicted octanol–water partition coefficient (Wildman–Crippen LogP) is 4.69. The molecule has 0 bridgehead atoms. The summed E-state index contributed by atoms with van der Waals surface area (Å²) in [6.45, 7) is 6.09. The van der Waals surface area contributed by atoms with Crippen LogP contribution >= 0.6 is 0 Å². The summed E-state index contributed by atoms with van der Waals surface area (Å²) in [5.41, 5.74) is 2.21. The molecule has 2 atom stereocenters. The van der Waals surface area contributed by atoms with Crippen molar-refractivity contribution in [2.45, 2.75) is 52.2 Å². The fourth-order valence-electron chi connectivity index (χ4n) is 3.05. The number of hydrogen-bond donors (Lipinski definition) is 1. The van der Waals surface area contributed by atoms with E-state index >= 15 is 0 Å². The first-order valence-electron chi connectivity index (χ1n) is 9.84. The van der Waals surface area contributed by atoms with Crippen molar-refractivity contribution in [2.24, 2.45) is 0 Å². The SMILES string of the molecule is CCc1ccc(O[C@H](CC)C(=O)N[C@H](CC)c2ccc(OC)c(OC)c2)cc1. The zero-order valence-corrected chi connectivity index (χ0v) is 17.5. The Kier molecular flexibility index (Phi) is 8.18. The van der Waals surface area contributed by atoms with E-state index in [1.165, 1.54) is 5.56 Å². The minimum atomic E-state index is -0.540. The van der Waals surface area contributed by atoms with Gasteiger partial charge in [-0.2, -0.15) is 0 Å². The molecule has 0 aromatic heterocycles. The van der Waals surface area contributed by atoms with E-state index in [-0.39, 0.29) is 11.9 Å². The van der Waals surface area contributed by atoms with Gasteiger partial charge in [0.15, 0.2) is 17.6 Å². The summed E-state index contributed by atoms with van der Waals surface area (Å²) in [5.74, 6) is 1.90. The van der Waals surface area contributed by atoms with E-state index in [2.05, 4.69) is 12.2 Å². The summed E-state index contributed by atoms with van der Waals surface area (Å²) in [7, 11) is 3.21. The van der Waals surface area contributed by atoms with Crippen LogP contribution in [0.15, 0.2) is 42.5 Å². The third-order valence-electron chi connectivity index (χ3n) is 4.81. The molecule has 0 fully saturated rings. The van der Waals surface area contributed by atoms with Crippen LogP contribution in [0.25, 0.3) is 0 Å². The molecule has 0 saturated carbocycles. The minimum absolute atomic E-state index is 0.122. The average Bonchev–Trinajstić information content (AvgIpc) is 2.75. The summed E-state index contributed by atoms with van der Waals surface area (Å²) >= 11 is 0. The maximum Gasteiger partial charge on any atom is 0.261 e. The summed E-state index contributed by atoms with van der Waals surface area (Å²) in [6.07, 6.45) is 1.77. The number of ether oxygens (including phenoxy) is 3. The Morgan fingerprint density at radius 3 is 2.14 bits per heavy atom. The van der Waals surface area contributed by atoms with Gasteiger partial charge in [-0.05, 0) is 54.7 Å². The second-order valence-corrected chi connectivity index (χ2v) is 6.60. The molecule has 28 heavy (non-hydrogen) atoms. The number of benzene rings is 2. The standard InChI is InChI=1S/C23H31NO4/c1-6-16-9-12-18(13-10-16)28-20(8-3)23(25)24-19(7-2)17-11-14-21(26-4)22(15-17)27-5/h9-15,19-20H,6-8H2,1-5H3,(H,24,25)/t19-,20-/m1/s1. The number of amides is 1. The van der Waals surface area contributed by atoms with Crippen LogP contribution in [-0.4, -0.2) is 26.2 Å². The van der Waals surface area contributed by atoms with Crippen molar-refractivity contribution in [3.63, 3.8) is 0 Å². The Hall–Kier alpha value is -2.69. The van der Waals surface area contributed by atoms with Crippen LogP contribution < -0.4 is 19.5 Å². The van der Waals surface area contributed by atoms with E-state index in [4.69, 9.17) is 14.2 Å². The smallest absolute Gasteiger partial charge is 0.261 e. The van der Waals surface area contributed by atoms with Crippen molar-refractivity contribution >= 4 is 5.91 Å². The lowest BCUT2D eigenvalue weighted by Crippen LogP contribution is -2.39. The molecular formula is C23H31NO4. The van der Waals surface area contributed by atoms with Gasteiger partial charge in [0.25, 0.3) is 5.91 Å². The highest BCUT2D eigenvalue weighted by Gasteiger charge is 2.22. The third-order valence-corrected chi connectivity index (χ3v) is 4.81. The van der Waals surface area contributed by atoms with Gasteiger partial charge in [-0.3, -0.25) is 4.79 Å². The summed E-state index contributed by atoms with van der Waals surface area (Å²) in [6, 6.07) is 13.5. The van der Waals surface area contributed by atoms with Gasteiger partial charge < -0.3 is 19.5 Å². The van der Waals surface area contributed by atoms with Gasteiger partial charge in [0.2, 0.25) is 0 Å². The molecule has 0 aliphatic rings. The monoisotopic (exact) mass is 385 g/mol. The fraction of sp³-hybridized carbons (Fsp3) is 0.435. The Balaban J connectivity index is 2.10. The minimum Gasteiger partial charge on any atom is -0.493 e. The second kappa shape index (κ2) is 10.6. The van der Waals surface area contributed by atoms with Crippen molar-refractivity contribution in [3.05, 3.63) is 53.6 Å². The molecule has 2 aromatic carbocycles. The van der Waals surface area contributed by atoms with E-state index in [9.17, 15) is 4.79 Å². The summed E-state index contributed by atoms with van der Waals surface area (Å²) in [4.78, 5) is 12.8. The zero-order valence-electron chi connectivity index (χ0n) is 17.5. The Morgan fingerprint density at radius 2 is 1.61 bits per heavy atom. The van der Waals surface area contributed by atoms with E-state index in [1.807, 2.05) is 56.3 Å². The number of rotatable bonds is 10. The van der Waals surface area contributed by atoms with Crippen LogP contribution in [0.4, 0.5) is 0 Å². The van der Waals surface area contributed by atoms with Gasteiger partial charge in [-0.25, -0.2) is 0 Å². The van der Waals surface area contributed by atoms with Crippen molar-refractivity contribution in [1.82, 2.24) is 5.32 Å². The highest BCUT2D eigenvalue weighted by atomic mass is 16.5. The van der Waals surface area contributed by atoms with Gasteiger partial charge in [0.05, 0.1) is 20.3 Å². The molecular weight excluding hydrogens is 354 g/mol. The lowest BCUT2D eigenvalue weighted by Gasteiger charge is -2.23. The van der Waals surface area contributed by atoms with E-state index in [0.29, 0.717) is 23.7 Å². The molecule has 0 heterocycles. The first kappa shape index (κ1) is 21.6. The molecule has 1 amide bonds. The van der Waals surface area contributed by atoms with E-state index < -0.39 is 6.10 Å². The van der Waals surface area contributed by atoms with Crippen molar-refractivity contribution < 1.29 is 19.0 Å². The lowest BCUT2D eigenvalue weighted by atomic mass is 10.0. The number of carbonyl (C=O) groups is 1. The highest BCUT2D eigenvalue weighted by Crippen LogP contribution is 2.31.